The maximum absolute atomic E-state index is 13.7. The average molecular weight is 429 g/mol. The van der Waals surface area contributed by atoms with Crippen molar-refractivity contribution in [2.75, 3.05) is 26.2 Å². The molecular formula is C26H23NO5. The molecule has 2 amide bonds. The molecule has 2 aliphatic rings. The van der Waals surface area contributed by atoms with Gasteiger partial charge in [-0.2, -0.15) is 0 Å². The lowest BCUT2D eigenvalue weighted by molar-refractivity contribution is -0.122. The molecule has 1 aliphatic carbocycles. The summed E-state index contributed by atoms with van der Waals surface area (Å²) >= 11 is 0. The fourth-order valence-corrected chi connectivity index (χ4v) is 5.01. The van der Waals surface area contributed by atoms with E-state index in [1.54, 1.807) is 12.1 Å². The van der Waals surface area contributed by atoms with Crippen LogP contribution in [0.4, 0.5) is 5.69 Å². The molecule has 1 saturated heterocycles. The van der Waals surface area contributed by atoms with Crippen molar-refractivity contribution in [1.29, 1.82) is 0 Å². The standard InChI is InChI=1S/C26H23NO5/c1-30-21-12-15(13-22(31-2)25(21)32-3)27-23(28)14-20(26(27)29)24-18-10-6-4-8-16(18)17-9-5-7-11-19(17)24/h4-13,20,24H,14H2,1-3H3. The van der Waals surface area contributed by atoms with Gasteiger partial charge in [0.25, 0.3) is 0 Å². The lowest BCUT2D eigenvalue weighted by Gasteiger charge is -2.22. The van der Waals surface area contributed by atoms with E-state index in [0.29, 0.717) is 22.9 Å². The van der Waals surface area contributed by atoms with Gasteiger partial charge in [-0.05, 0) is 22.3 Å². The first-order chi connectivity index (χ1) is 15.6. The quantitative estimate of drug-likeness (QED) is 0.563. The number of anilines is 1. The molecule has 0 spiro atoms. The van der Waals surface area contributed by atoms with E-state index in [1.165, 1.54) is 26.2 Å². The van der Waals surface area contributed by atoms with Crippen LogP contribution in [0.3, 0.4) is 0 Å². The first-order valence-electron chi connectivity index (χ1n) is 10.4. The summed E-state index contributed by atoms with van der Waals surface area (Å²) in [7, 11) is 4.52. The van der Waals surface area contributed by atoms with Gasteiger partial charge in [-0.15, -0.1) is 0 Å². The molecule has 0 N–H and O–H groups in total. The fraction of sp³-hybridized carbons (Fsp3) is 0.231. The normalized spacial score (nSPS) is 17.3. The number of ether oxygens (including phenoxy) is 3. The molecule has 3 aromatic carbocycles. The van der Waals surface area contributed by atoms with Crippen molar-refractivity contribution in [3.05, 3.63) is 71.8 Å². The number of nitrogens with zero attached hydrogens (tertiary/aromatic N) is 1. The van der Waals surface area contributed by atoms with Gasteiger partial charge in [0.2, 0.25) is 17.6 Å². The lowest BCUT2D eigenvalue weighted by atomic mass is 9.83. The zero-order valence-corrected chi connectivity index (χ0v) is 18.1. The van der Waals surface area contributed by atoms with Crippen LogP contribution < -0.4 is 19.1 Å². The Kier molecular flexibility index (Phi) is 4.85. The molecule has 0 aromatic heterocycles. The number of imide groups is 1. The van der Waals surface area contributed by atoms with Gasteiger partial charge in [-0.3, -0.25) is 9.59 Å². The molecule has 1 heterocycles. The van der Waals surface area contributed by atoms with Gasteiger partial charge in [0.1, 0.15) is 0 Å². The molecule has 0 bridgehead atoms. The van der Waals surface area contributed by atoms with Crippen LogP contribution in [0.15, 0.2) is 60.7 Å². The molecule has 6 nitrogen and oxygen atoms in total. The van der Waals surface area contributed by atoms with E-state index in [1.807, 2.05) is 24.3 Å². The number of rotatable bonds is 5. The Bertz CT molecular complexity index is 1160. The Morgan fingerprint density at radius 3 is 1.81 bits per heavy atom. The zero-order valence-electron chi connectivity index (χ0n) is 18.1. The Labute approximate surface area is 186 Å². The smallest absolute Gasteiger partial charge is 0.238 e. The van der Waals surface area contributed by atoms with Crippen LogP contribution in [0, 0.1) is 5.92 Å². The fourth-order valence-electron chi connectivity index (χ4n) is 5.01. The van der Waals surface area contributed by atoms with Gasteiger partial charge in [0.15, 0.2) is 11.5 Å². The van der Waals surface area contributed by atoms with E-state index in [4.69, 9.17) is 14.2 Å². The molecule has 0 radical (unpaired) electrons. The van der Waals surface area contributed by atoms with E-state index in [9.17, 15) is 9.59 Å². The molecular weight excluding hydrogens is 406 g/mol. The number of benzene rings is 3. The third-order valence-corrected chi connectivity index (χ3v) is 6.37. The Morgan fingerprint density at radius 2 is 1.31 bits per heavy atom. The molecule has 5 rings (SSSR count). The molecule has 1 unspecified atom stereocenters. The van der Waals surface area contributed by atoms with E-state index in [-0.39, 0.29) is 24.2 Å². The number of hydrogen-bond acceptors (Lipinski definition) is 5. The van der Waals surface area contributed by atoms with Gasteiger partial charge in [-0.1, -0.05) is 48.5 Å². The number of methoxy groups -OCH3 is 3. The second-order valence-corrected chi connectivity index (χ2v) is 7.91. The molecule has 1 aliphatic heterocycles. The van der Waals surface area contributed by atoms with Gasteiger partial charge in [-0.25, -0.2) is 4.90 Å². The molecule has 0 saturated carbocycles. The van der Waals surface area contributed by atoms with Crippen LogP contribution in [0.1, 0.15) is 23.5 Å². The minimum atomic E-state index is -0.480. The highest BCUT2D eigenvalue weighted by Gasteiger charge is 2.47. The number of hydrogen-bond donors (Lipinski definition) is 0. The molecule has 32 heavy (non-hydrogen) atoms. The summed E-state index contributed by atoms with van der Waals surface area (Å²) in [6.07, 6.45) is 0.142. The first kappa shape index (κ1) is 20.1. The zero-order chi connectivity index (χ0) is 22.4. The summed E-state index contributed by atoms with van der Waals surface area (Å²) in [6, 6.07) is 19.5. The highest BCUT2D eigenvalue weighted by Crippen LogP contribution is 2.51. The SMILES string of the molecule is COc1cc(N2C(=O)CC(C3c4ccccc4-c4ccccc43)C2=O)cc(OC)c1OC. The van der Waals surface area contributed by atoms with Crippen molar-refractivity contribution in [3.63, 3.8) is 0 Å². The third-order valence-electron chi connectivity index (χ3n) is 6.37. The number of carbonyl (C=O) groups is 2. The number of fused-ring (bicyclic) bond motifs is 3. The Morgan fingerprint density at radius 1 is 0.781 bits per heavy atom. The summed E-state index contributed by atoms with van der Waals surface area (Å²) in [5, 5.41) is 0. The van der Waals surface area contributed by atoms with Crippen LogP contribution in [0.5, 0.6) is 17.2 Å². The summed E-state index contributed by atoms with van der Waals surface area (Å²) in [5.74, 6) is 0.0900. The first-order valence-corrected chi connectivity index (χ1v) is 10.4. The van der Waals surface area contributed by atoms with Crippen LogP contribution in [-0.2, 0) is 9.59 Å². The maximum Gasteiger partial charge on any atom is 0.238 e. The summed E-state index contributed by atoms with van der Waals surface area (Å²) in [4.78, 5) is 28.0. The van der Waals surface area contributed by atoms with Crippen molar-refractivity contribution >= 4 is 17.5 Å². The highest BCUT2D eigenvalue weighted by atomic mass is 16.5. The predicted molar refractivity (Wildman–Crippen MR) is 120 cm³/mol. The Balaban J connectivity index is 1.58. The number of amides is 2. The van der Waals surface area contributed by atoms with Crippen LogP contribution in [0.25, 0.3) is 11.1 Å². The van der Waals surface area contributed by atoms with E-state index in [2.05, 4.69) is 24.3 Å². The monoisotopic (exact) mass is 429 g/mol. The second kappa shape index (κ2) is 7.71. The maximum atomic E-state index is 13.7. The summed E-state index contributed by atoms with van der Waals surface area (Å²) in [6.45, 7) is 0. The molecule has 162 valence electrons. The molecule has 1 atom stereocenters. The van der Waals surface area contributed by atoms with Crippen molar-refractivity contribution in [3.8, 4) is 28.4 Å². The number of carbonyl (C=O) groups excluding carboxylic acids is 2. The van der Waals surface area contributed by atoms with Crippen molar-refractivity contribution in [2.45, 2.75) is 12.3 Å². The van der Waals surface area contributed by atoms with Gasteiger partial charge < -0.3 is 14.2 Å². The van der Waals surface area contributed by atoms with Crippen molar-refractivity contribution in [2.24, 2.45) is 5.92 Å². The summed E-state index contributed by atoms with van der Waals surface area (Å²) in [5.41, 5.74) is 4.84. The molecule has 1 fully saturated rings. The van der Waals surface area contributed by atoms with Gasteiger partial charge in [0, 0.05) is 24.5 Å². The largest absolute Gasteiger partial charge is 0.493 e. The lowest BCUT2D eigenvalue weighted by Crippen LogP contribution is -2.31. The van der Waals surface area contributed by atoms with E-state index >= 15 is 0 Å². The highest BCUT2D eigenvalue weighted by molar-refractivity contribution is 6.21. The second-order valence-electron chi connectivity index (χ2n) is 7.91. The van der Waals surface area contributed by atoms with E-state index < -0.39 is 5.92 Å². The summed E-state index contributed by atoms with van der Waals surface area (Å²) < 4.78 is 16.2. The minimum absolute atomic E-state index is 0.142. The van der Waals surface area contributed by atoms with Crippen molar-refractivity contribution < 1.29 is 23.8 Å². The van der Waals surface area contributed by atoms with Crippen LogP contribution in [0.2, 0.25) is 0 Å². The molecule has 6 heteroatoms. The van der Waals surface area contributed by atoms with Crippen LogP contribution in [-0.4, -0.2) is 33.1 Å². The van der Waals surface area contributed by atoms with Gasteiger partial charge >= 0.3 is 0 Å². The van der Waals surface area contributed by atoms with Gasteiger partial charge in [0.05, 0.1) is 32.9 Å². The van der Waals surface area contributed by atoms with Crippen molar-refractivity contribution in [1.82, 2.24) is 0 Å². The van der Waals surface area contributed by atoms with E-state index in [0.717, 1.165) is 22.3 Å². The topological polar surface area (TPSA) is 65.1 Å². The predicted octanol–water partition coefficient (Wildman–Crippen LogP) is 4.40. The Hall–Kier alpha value is -3.80. The van der Waals surface area contributed by atoms with Crippen LogP contribution >= 0.6 is 0 Å². The third kappa shape index (κ3) is 2.87. The minimum Gasteiger partial charge on any atom is -0.493 e. The molecule has 3 aromatic rings. The average Bonchev–Trinajstić information content (AvgIpc) is 3.31.